The summed E-state index contributed by atoms with van der Waals surface area (Å²) in [5.74, 6) is -0.349. The van der Waals surface area contributed by atoms with E-state index in [1.807, 2.05) is 30.3 Å². The van der Waals surface area contributed by atoms with Crippen molar-refractivity contribution < 1.29 is 13.2 Å². The fourth-order valence-electron chi connectivity index (χ4n) is 2.25. The second-order valence-corrected chi connectivity index (χ2v) is 6.51. The molecule has 2 aromatic carbocycles. The number of carbonyl (C=O) groups is 1. The summed E-state index contributed by atoms with van der Waals surface area (Å²) >= 11 is 0. The van der Waals surface area contributed by atoms with Gasteiger partial charge in [-0.1, -0.05) is 48.5 Å². The highest BCUT2D eigenvalue weighted by Crippen LogP contribution is 2.29. The monoisotopic (exact) mass is 314 g/mol. The maximum Gasteiger partial charge on any atom is 0.262 e. The van der Waals surface area contributed by atoms with E-state index in [4.69, 9.17) is 0 Å². The van der Waals surface area contributed by atoms with Gasteiger partial charge in [0.05, 0.1) is 10.6 Å². The smallest absolute Gasteiger partial charge is 0.262 e. The zero-order valence-corrected chi connectivity index (χ0v) is 12.4. The minimum atomic E-state index is -3.57. The van der Waals surface area contributed by atoms with Crippen LogP contribution in [0.5, 0.6) is 0 Å². The van der Waals surface area contributed by atoms with Crippen molar-refractivity contribution in [3.8, 4) is 0 Å². The van der Waals surface area contributed by atoms with Crippen LogP contribution < -0.4 is 10.0 Å². The minimum absolute atomic E-state index is 0.192. The van der Waals surface area contributed by atoms with Crippen LogP contribution in [0.15, 0.2) is 65.6 Å². The van der Waals surface area contributed by atoms with E-state index < -0.39 is 10.0 Å². The lowest BCUT2D eigenvalue weighted by Gasteiger charge is -2.03. The normalized spacial score (nSPS) is 16.8. The molecule has 0 saturated heterocycles. The van der Waals surface area contributed by atoms with Crippen LogP contribution in [0.2, 0.25) is 0 Å². The number of hydrogen-bond acceptors (Lipinski definition) is 3. The highest BCUT2D eigenvalue weighted by Gasteiger charge is 2.29. The Morgan fingerprint density at radius 3 is 2.50 bits per heavy atom. The molecule has 5 nitrogen and oxygen atoms in total. The van der Waals surface area contributed by atoms with Gasteiger partial charge in [0.2, 0.25) is 5.91 Å². The highest BCUT2D eigenvalue weighted by atomic mass is 32.2. The number of nitrogens with one attached hydrogen (secondary N) is 2. The van der Waals surface area contributed by atoms with Crippen LogP contribution in [-0.2, 0) is 21.4 Å². The predicted octanol–water partition coefficient (Wildman–Crippen LogP) is 1.64. The third-order valence-corrected chi connectivity index (χ3v) is 4.72. The van der Waals surface area contributed by atoms with Gasteiger partial charge in [-0.05, 0) is 11.6 Å². The molecule has 1 amide bonds. The molecule has 1 aliphatic heterocycles. The Balaban J connectivity index is 1.77. The number of rotatable bonds is 3. The average molecular weight is 314 g/mol. The van der Waals surface area contributed by atoms with Crippen molar-refractivity contribution in [3.63, 3.8) is 0 Å². The fraction of sp³-hybridized carbons (Fsp3) is 0.0625. The lowest BCUT2D eigenvalue weighted by Crippen LogP contribution is -2.22. The van der Waals surface area contributed by atoms with Crippen LogP contribution in [-0.4, -0.2) is 14.3 Å². The molecule has 1 aliphatic rings. The van der Waals surface area contributed by atoms with Crippen molar-refractivity contribution in [2.24, 2.45) is 0 Å². The van der Waals surface area contributed by atoms with Gasteiger partial charge in [-0.15, -0.1) is 0 Å². The number of hydrogen-bond donors (Lipinski definition) is 2. The third-order valence-electron chi connectivity index (χ3n) is 3.30. The molecule has 0 atom stereocenters. The third kappa shape index (κ3) is 2.87. The van der Waals surface area contributed by atoms with E-state index in [0.717, 1.165) is 5.56 Å². The Morgan fingerprint density at radius 1 is 1.05 bits per heavy atom. The van der Waals surface area contributed by atoms with E-state index in [1.54, 1.807) is 18.2 Å². The van der Waals surface area contributed by atoms with Gasteiger partial charge in [0, 0.05) is 18.2 Å². The predicted molar refractivity (Wildman–Crippen MR) is 83.0 cm³/mol. The fourth-order valence-corrected chi connectivity index (χ4v) is 3.55. The Kier molecular flexibility index (Phi) is 3.68. The quantitative estimate of drug-likeness (QED) is 0.846. The number of amides is 1. The van der Waals surface area contributed by atoms with Crippen molar-refractivity contribution >= 4 is 21.6 Å². The van der Waals surface area contributed by atoms with Gasteiger partial charge in [-0.2, -0.15) is 0 Å². The van der Waals surface area contributed by atoms with E-state index in [0.29, 0.717) is 17.8 Å². The first-order chi connectivity index (χ1) is 10.6. The average Bonchev–Trinajstić information content (AvgIpc) is 2.78. The summed E-state index contributed by atoms with van der Waals surface area (Å²) in [5.41, 5.74) is 1.78. The molecule has 0 bridgehead atoms. The topological polar surface area (TPSA) is 75.3 Å². The van der Waals surface area contributed by atoms with Gasteiger partial charge in [0.25, 0.3) is 10.0 Å². The van der Waals surface area contributed by atoms with E-state index in [1.165, 1.54) is 12.1 Å². The minimum Gasteiger partial charge on any atom is -0.348 e. The van der Waals surface area contributed by atoms with Gasteiger partial charge in [-0.3, -0.25) is 9.52 Å². The van der Waals surface area contributed by atoms with Crippen molar-refractivity contribution in [1.82, 2.24) is 10.0 Å². The molecule has 0 aromatic heterocycles. The maximum absolute atomic E-state index is 12.0. The first kappa shape index (κ1) is 14.3. The Morgan fingerprint density at radius 2 is 1.73 bits per heavy atom. The van der Waals surface area contributed by atoms with Crippen LogP contribution in [0.4, 0.5) is 0 Å². The SMILES string of the molecule is O=C(C=C1NS(=O)(=O)c2ccccc21)NCc1ccccc1. The summed E-state index contributed by atoms with van der Waals surface area (Å²) in [7, 11) is -3.57. The lowest BCUT2D eigenvalue weighted by molar-refractivity contribution is -0.116. The first-order valence-corrected chi connectivity index (χ1v) is 8.20. The zero-order chi connectivity index (χ0) is 15.6. The van der Waals surface area contributed by atoms with Crippen LogP contribution in [0.1, 0.15) is 11.1 Å². The van der Waals surface area contributed by atoms with Crippen LogP contribution in [0.3, 0.4) is 0 Å². The Bertz CT molecular complexity index is 843. The summed E-state index contributed by atoms with van der Waals surface area (Å²) in [6.07, 6.45) is 1.27. The number of fused-ring (bicyclic) bond motifs is 1. The Hall–Kier alpha value is -2.60. The standard InChI is InChI=1S/C16H14N2O3S/c19-16(17-11-12-6-2-1-3-7-12)10-14-13-8-4-5-9-15(13)22(20,21)18-14/h1-10,18H,11H2,(H,17,19). The van der Waals surface area contributed by atoms with Crippen LogP contribution >= 0.6 is 0 Å². The molecule has 0 saturated carbocycles. The molecule has 6 heteroatoms. The molecule has 0 unspecified atom stereocenters. The molecule has 0 aliphatic carbocycles. The molecule has 0 fully saturated rings. The lowest BCUT2D eigenvalue weighted by atomic mass is 10.1. The van der Waals surface area contributed by atoms with Crippen molar-refractivity contribution in [3.05, 3.63) is 71.8 Å². The summed E-state index contributed by atoms with van der Waals surface area (Å²) < 4.78 is 26.3. The molecular weight excluding hydrogens is 300 g/mol. The first-order valence-electron chi connectivity index (χ1n) is 6.72. The molecule has 112 valence electrons. The largest absolute Gasteiger partial charge is 0.348 e. The van der Waals surface area contributed by atoms with Gasteiger partial charge in [0.15, 0.2) is 0 Å². The van der Waals surface area contributed by atoms with E-state index in [9.17, 15) is 13.2 Å². The summed E-state index contributed by atoms with van der Waals surface area (Å²) in [6.45, 7) is 0.387. The zero-order valence-electron chi connectivity index (χ0n) is 11.6. The molecule has 3 rings (SSSR count). The summed E-state index contributed by atoms with van der Waals surface area (Å²) in [6, 6.07) is 16.1. The summed E-state index contributed by atoms with van der Waals surface area (Å²) in [4.78, 5) is 12.2. The van der Waals surface area contributed by atoms with Crippen molar-refractivity contribution in [2.45, 2.75) is 11.4 Å². The maximum atomic E-state index is 12.0. The van der Waals surface area contributed by atoms with Crippen LogP contribution in [0, 0.1) is 0 Å². The highest BCUT2D eigenvalue weighted by molar-refractivity contribution is 7.90. The molecule has 0 spiro atoms. The van der Waals surface area contributed by atoms with Gasteiger partial charge in [0.1, 0.15) is 0 Å². The molecule has 2 aromatic rings. The van der Waals surface area contributed by atoms with Gasteiger partial charge in [-0.25, -0.2) is 8.42 Å². The van der Waals surface area contributed by atoms with E-state index in [2.05, 4.69) is 10.0 Å². The molecule has 22 heavy (non-hydrogen) atoms. The second kappa shape index (κ2) is 5.65. The van der Waals surface area contributed by atoms with E-state index >= 15 is 0 Å². The number of sulfonamides is 1. The van der Waals surface area contributed by atoms with Gasteiger partial charge < -0.3 is 5.32 Å². The summed E-state index contributed by atoms with van der Waals surface area (Å²) in [5, 5.41) is 2.73. The molecular formula is C16H14N2O3S. The van der Waals surface area contributed by atoms with Gasteiger partial charge >= 0.3 is 0 Å². The second-order valence-electron chi connectivity index (χ2n) is 4.86. The van der Waals surface area contributed by atoms with Crippen molar-refractivity contribution in [2.75, 3.05) is 0 Å². The molecule has 0 radical (unpaired) electrons. The van der Waals surface area contributed by atoms with Crippen LogP contribution in [0.25, 0.3) is 5.70 Å². The molecule has 1 heterocycles. The van der Waals surface area contributed by atoms with Crippen molar-refractivity contribution in [1.29, 1.82) is 0 Å². The Labute approximate surface area is 128 Å². The number of carbonyl (C=O) groups excluding carboxylic acids is 1. The van der Waals surface area contributed by atoms with E-state index in [-0.39, 0.29) is 10.8 Å². The number of benzene rings is 2. The molecule has 2 N–H and O–H groups in total.